The van der Waals surface area contributed by atoms with Crippen LogP contribution in [0.1, 0.15) is 44.2 Å². The van der Waals surface area contributed by atoms with Gasteiger partial charge in [0.25, 0.3) is 0 Å². The van der Waals surface area contributed by atoms with Crippen LogP contribution in [0.2, 0.25) is 0 Å². The average Bonchev–Trinajstić information content (AvgIpc) is 2.50. The SMILES string of the molecule is CCCN1CCC(NC2CCOc3ccc(Br)cc32)CC1. The molecular weight excluding hydrogens is 328 g/mol. The minimum absolute atomic E-state index is 0.439. The molecule has 2 aliphatic heterocycles. The second-order valence-corrected chi connectivity index (χ2v) is 7.07. The zero-order chi connectivity index (χ0) is 14.7. The third-order valence-electron chi connectivity index (χ3n) is 4.58. The van der Waals surface area contributed by atoms with Crippen LogP contribution in [0.25, 0.3) is 0 Å². The minimum Gasteiger partial charge on any atom is -0.493 e. The van der Waals surface area contributed by atoms with Crippen molar-refractivity contribution in [3.8, 4) is 5.75 Å². The maximum Gasteiger partial charge on any atom is 0.124 e. The third-order valence-corrected chi connectivity index (χ3v) is 5.07. The van der Waals surface area contributed by atoms with Gasteiger partial charge < -0.3 is 15.0 Å². The summed E-state index contributed by atoms with van der Waals surface area (Å²) in [6.07, 6.45) is 4.86. The number of halogens is 1. The van der Waals surface area contributed by atoms with Crippen LogP contribution in [0.3, 0.4) is 0 Å². The summed E-state index contributed by atoms with van der Waals surface area (Å²) in [6.45, 7) is 6.81. The first-order valence-electron chi connectivity index (χ1n) is 8.17. The average molecular weight is 353 g/mol. The number of likely N-dealkylation sites (tertiary alicyclic amines) is 1. The monoisotopic (exact) mass is 352 g/mol. The fourth-order valence-electron chi connectivity index (χ4n) is 3.46. The molecule has 1 N–H and O–H groups in total. The summed E-state index contributed by atoms with van der Waals surface area (Å²) < 4.78 is 6.91. The van der Waals surface area contributed by atoms with E-state index < -0.39 is 0 Å². The van der Waals surface area contributed by atoms with E-state index in [1.807, 2.05) is 0 Å². The van der Waals surface area contributed by atoms with E-state index in [1.54, 1.807) is 0 Å². The molecule has 1 aromatic carbocycles. The highest BCUT2D eigenvalue weighted by Crippen LogP contribution is 2.34. The van der Waals surface area contributed by atoms with Crippen LogP contribution < -0.4 is 10.1 Å². The summed E-state index contributed by atoms with van der Waals surface area (Å²) in [5.41, 5.74) is 1.31. The van der Waals surface area contributed by atoms with E-state index in [0.717, 1.165) is 23.2 Å². The molecule has 3 nitrogen and oxygen atoms in total. The van der Waals surface area contributed by atoms with Crippen LogP contribution in [0.5, 0.6) is 5.75 Å². The summed E-state index contributed by atoms with van der Waals surface area (Å²) >= 11 is 3.58. The highest BCUT2D eigenvalue weighted by molar-refractivity contribution is 9.10. The number of ether oxygens (including phenoxy) is 1. The molecular formula is C17H25BrN2O. The van der Waals surface area contributed by atoms with E-state index in [9.17, 15) is 0 Å². The highest BCUT2D eigenvalue weighted by Gasteiger charge is 2.26. The van der Waals surface area contributed by atoms with E-state index >= 15 is 0 Å². The van der Waals surface area contributed by atoms with Gasteiger partial charge in [-0.15, -0.1) is 0 Å². The van der Waals surface area contributed by atoms with Crippen molar-refractivity contribution in [2.45, 2.75) is 44.7 Å². The van der Waals surface area contributed by atoms with Crippen LogP contribution in [-0.2, 0) is 0 Å². The molecule has 3 rings (SSSR count). The van der Waals surface area contributed by atoms with Gasteiger partial charge in [-0.05, 0) is 57.1 Å². The Bertz CT molecular complexity index is 472. The van der Waals surface area contributed by atoms with E-state index in [1.165, 1.54) is 44.5 Å². The summed E-state index contributed by atoms with van der Waals surface area (Å²) in [5, 5.41) is 3.88. The van der Waals surface area contributed by atoms with E-state index in [0.29, 0.717) is 12.1 Å². The standard InChI is InChI=1S/C17H25BrN2O/c1-2-8-20-9-5-14(6-10-20)19-16-7-11-21-17-4-3-13(18)12-15(16)17/h3-4,12,14,16,19H,2,5-11H2,1H3. The Balaban J connectivity index is 1.61. The molecule has 0 spiro atoms. The van der Waals surface area contributed by atoms with E-state index in [2.05, 4.69) is 51.3 Å². The molecule has 116 valence electrons. The van der Waals surface area contributed by atoms with Gasteiger partial charge in [-0.2, -0.15) is 0 Å². The Hall–Kier alpha value is -0.580. The highest BCUT2D eigenvalue weighted by atomic mass is 79.9. The van der Waals surface area contributed by atoms with Gasteiger partial charge in [0, 0.05) is 28.5 Å². The molecule has 4 heteroatoms. The molecule has 1 fully saturated rings. The molecule has 0 saturated carbocycles. The van der Waals surface area contributed by atoms with Crippen LogP contribution in [-0.4, -0.2) is 37.2 Å². The molecule has 21 heavy (non-hydrogen) atoms. The lowest BCUT2D eigenvalue weighted by molar-refractivity contribution is 0.178. The van der Waals surface area contributed by atoms with Gasteiger partial charge in [-0.1, -0.05) is 22.9 Å². The Labute approximate surface area is 136 Å². The third kappa shape index (κ3) is 3.79. The van der Waals surface area contributed by atoms with Gasteiger partial charge >= 0.3 is 0 Å². The molecule has 1 saturated heterocycles. The van der Waals surface area contributed by atoms with Gasteiger partial charge in [0.15, 0.2) is 0 Å². The minimum atomic E-state index is 0.439. The predicted octanol–water partition coefficient (Wildman–Crippen LogP) is 3.74. The summed E-state index contributed by atoms with van der Waals surface area (Å²) in [6, 6.07) is 7.43. The van der Waals surface area contributed by atoms with Crippen molar-refractivity contribution in [1.82, 2.24) is 10.2 Å². The number of benzene rings is 1. The molecule has 1 aromatic rings. The summed E-state index contributed by atoms with van der Waals surface area (Å²) in [7, 11) is 0. The normalized spacial score (nSPS) is 23.6. The Morgan fingerprint density at radius 1 is 1.29 bits per heavy atom. The number of nitrogens with one attached hydrogen (secondary N) is 1. The second-order valence-electron chi connectivity index (χ2n) is 6.15. The van der Waals surface area contributed by atoms with Crippen molar-refractivity contribution in [3.05, 3.63) is 28.2 Å². The maximum absolute atomic E-state index is 5.78. The van der Waals surface area contributed by atoms with Crippen LogP contribution in [0, 0.1) is 0 Å². The Morgan fingerprint density at radius 3 is 2.86 bits per heavy atom. The quantitative estimate of drug-likeness (QED) is 0.893. The molecule has 1 atom stereocenters. The number of piperidine rings is 1. The van der Waals surface area contributed by atoms with E-state index in [-0.39, 0.29) is 0 Å². The van der Waals surface area contributed by atoms with Gasteiger partial charge in [0.2, 0.25) is 0 Å². The zero-order valence-electron chi connectivity index (χ0n) is 12.8. The molecule has 2 aliphatic rings. The van der Waals surface area contributed by atoms with Crippen molar-refractivity contribution < 1.29 is 4.74 Å². The molecule has 0 amide bonds. The molecule has 0 bridgehead atoms. The topological polar surface area (TPSA) is 24.5 Å². The Morgan fingerprint density at radius 2 is 2.10 bits per heavy atom. The number of rotatable bonds is 4. The fourth-order valence-corrected chi connectivity index (χ4v) is 3.84. The molecule has 0 aromatic heterocycles. The van der Waals surface area contributed by atoms with Crippen molar-refractivity contribution in [2.75, 3.05) is 26.2 Å². The lowest BCUT2D eigenvalue weighted by atomic mass is 9.97. The van der Waals surface area contributed by atoms with Crippen molar-refractivity contribution in [3.63, 3.8) is 0 Å². The largest absolute Gasteiger partial charge is 0.493 e. The maximum atomic E-state index is 5.78. The van der Waals surface area contributed by atoms with Crippen LogP contribution in [0.4, 0.5) is 0 Å². The predicted molar refractivity (Wildman–Crippen MR) is 89.9 cm³/mol. The number of hydrogen-bond donors (Lipinski definition) is 1. The van der Waals surface area contributed by atoms with Gasteiger partial charge in [0.1, 0.15) is 5.75 Å². The number of fused-ring (bicyclic) bond motifs is 1. The van der Waals surface area contributed by atoms with Gasteiger partial charge in [-0.25, -0.2) is 0 Å². The molecule has 0 aliphatic carbocycles. The first-order valence-corrected chi connectivity index (χ1v) is 8.96. The molecule has 1 unspecified atom stereocenters. The summed E-state index contributed by atoms with van der Waals surface area (Å²) in [4.78, 5) is 2.59. The van der Waals surface area contributed by atoms with Gasteiger partial charge in [-0.3, -0.25) is 0 Å². The lowest BCUT2D eigenvalue weighted by Gasteiger charge is -2.36. The van der Waals surface area contributed by atoms with Crippen molar-refractivity contribution >= 4 is 15.9 Å². The zero-order valence-corrected chi connectivity index (χ0v) is 14.4. The van der Waals surface area contributed by atoms with E-state index in [4.69, 9.17) is 4.74 Å². The van der Waals surface area contributed by atoms with Crippen LogP contribution >= 0.6 is 15.9 Å². The van der Waals surface area contributed by atoms with Gasteiger partial charge in [0.05, 0.1) is 6.61 Å². The second kappa shape index (κ2) is 7.12. The summed E-state index contributed by atoms with van der Waals surface area (Å²) in [5.74, 6) is 1.05. The number of hydrogen-bond acceptors (Lipinski definition) is 3. The smallest absolute Gasteiger partial charge is 0.124 e. The first-order chi connectivity index (χ1) is 10.3. The lowest BCUT2D eigenvalue weighted by Crippen LogP contribution is -2.44. The fraction of sp³-hybridized carbons (Fsp3) is 0.647. The van der Waals surface area contributed by atoms with Crippen molar-refractivity contribution in [2.24, 2.45) is 0 Å². The van der Waals surface area contributed by atoms with Crippen LogP contribution in [0.15, 0.2) is 22.7 Å². The molecule has 2 heterocycles. The van der Waals surface area contributed by atoms with Crippen molar-refractivity contribution in [1.29, 1.82) is 0 Å². The first kappa shape index (κ1) is 15.3. The molecule has 0 radical (unpaired) electrons. The Kier molecular flexibility index (Phi) is 5.19. The number of nitrogens with zero attached hydrogens (tertiary/aromatic N) is 1.